The minimum atomic E-state index is -0.539. The van der Waals surface area contributed by atoms with Crippen molar-refractivity contribution < 1.29 is 19.0 Å². The first kappa shape index (κ1) is 13.7. The average Bonchev–Trinajstić information content (AvgIpc) is 2.30. The van der Waals surface area contributed by atoms with E-state index < -0.39 is 5.82 Å². The van der Waals surface area contributed by atoms with Gasteiger partial charge in [0, 0.05) is 19.7 Å². The maximum atomic E-state index is 12.8. The Labute approximate surface area is 104 Å². The number of carbonyl (C=O) groups is 1. The molecule has 1 amide bonds. The fourth-order valence-electron chi connectivity index (χ4n) is 1.10. The molecule has 1 aromatic carbocycles. The highest BCUT2D eigenvalue weighted by atomic mass is 35.5. The first-order valence-electron chi connectivity index (χ1n) is 4.97. The van der Waals surface area contributed by atoms with E-state index in [0.29, 0.717) is 5.75 Å². The second kappa shape index (κ2) is 6.42. The van der Waals surface area contributed by atoms with Crippen molar-refractivity contribution in [1.29, 1.82) is 0 Å². The zero-order chi connectivity index (χ0) is 12.8. The fraction of sp³-hybridized carbons (Fsp3) is 0.364. The highest BCUT2D eigenvalue weighted by Crippen LogP contribution is 2.20. The van der Waals surface area contributed by atoms with Gasteiger partial charge in [-0.2, -0.15) is 0 Å². The van der Waals surface area contributed by atoms with Crippen molar-refractivity contribution in [2.45, 2.75) is 0 Å². The molecule has 1 rings (SSSR count). The Morgan fingerprint density at radius 3 is 2.88 bits per heavy atom. The Kier molecular flexibility index (Phi) is 5.18. The number of aliphatic hydroxyl groups is 1. The molecule has 0 spiro atoms. The van der Waals surface area contributed by atoms with Gasteiger partial charge in [-0.25, -0.2) is 4.39 Å². The van der Waals surface area contributed by atoms with E-state index in [1.807, 2.05) is 0 Å². The summed E-state index contributed by atoms with van der Waals surface area (Å²) in [4.78, 5) is 12.8. The first-order valence-corrected chi connectivity index (χ1v) is 5.35. The van der Waals surface area contributed by atoms with Crippen LogP contribution in [0.1, 0.15) is 0 Å². The Morgan fingerprint density at radius 2 is 2.29 bits per heavy atom. The van der Waals surface area contributed by atoms with Gasteiger partial charge in [-0.15, -0.1) is 0 Å². The van der Waals surface area contributed by atoms with Crippen LogP contribution >= 0.6 is 11.6 Å². The van der Waals surface area contributed by atoms with Crippen LogP contribution in [0.25, 0.3) is 0 Å². The van der Waals surface area contributed by atoms with Crippen molar-refractivity contribution in [3.05, 3.63) is 29.0 Å². The SMILES string of the molecule is CN(CCO)C(=O)COc1ccc(F)c(Cl)c1. The van der Waals surface area contributed by atoms with Gasteiger partial charge < -0.3 is 14.7 Å². The zero-order valence-electron chi connectivity index (χ0n) is 9.32. The van der Waals surface area contributed by atoms with Crippen LogP contribution in [0.15, 0.2) is 18.2 Å². The van der Waals surface area contributed by atoms with E-state index in [1.54, 1.807) is 7.05 Å². The Morgan fingerprint density at radius 1 is 1.59 bits per heavy atom. The van der Waals surface area contributed by atoms with Crippen LogP contribution in [-0.2, 0) is 4.79 Å². The van der Waals surface area contributed by atoms with Crippen molar-refractivity contribution in [2.24, 2.45) is 0 Å². The molecule has 1 N–H and O–H groups in total. The summed E-state index contributed by atoms with van der Waals surface area (Å²) in [6, 6.07) is 3.86. The number of carbonyl (C=O) groups excluding carboxylic acids is 1. The van der Waals surface area contributed by atoms with Gasteiger partial charge in [0.1, 0.15) is 11.6 Å². The number of hydrogen-bond donors (Lipinski definition) is 1. The van der Waals surface area contributed by atoms with Crippen molar-refractivity contribution in [1.82, 2.24) is 4.90 Å². The van der Waals surface area contributed by atoms with Crippen molar-refractivity contribution in [2.75, 3.05) is 26.8 Å². The van der Waals surface area contributed by atoms with E-state index in [2.05, 4.69) is 0 Å². The zero-order valence-corrected chi connectivity index (χ0v) is 10.1. The summed E-state index contributed by atoms with van der Waals surface area (Å²) in [6.45, 7) is -0.0462. The van der Waals surface area contributed by atoms with Crippen molar-refractivity contribution >= 4 is 17.5 Å². The lowest BCUT2D eigenvalue weighted by molar-refractivity contribution is -0.132. The second-order valence-corrected chi connectivity index (χ2v) is 3.81. The highest BCUT2D eigenvalue weighted by molar-refractivity contribution is 6.30. The van der Waals surface area contributed by atoms with Crippen LogP contribution < -0.4 is 4.74 Å². The Bertz CT molecular complexity index is 400. The quantitative estimate of drug-likeness (QED) is 0.869. The molecular weight excluding hydrogens is 249 g/mol. The Hall–Kier alpha value is -1.33. The van der Waals surface area contributed by atoms with Gasteiger partial charge in [-0.1, -0.05) is 11.6 Å². The second-order valence-electron chi connectivity index (χ2n) is 3.40. The fourth-order valence-corrected chi connectivity index (χ4v) is 1.27. The number of benzene rings is 1. The number of amides is 1. The summed E-state index contributed by atoms with van der Waals surface area (Å²) in [7, 11) is 1.56. The third-order valence-corrected chi connectivity index (χ3v) is 2.40. The van der Waals surface area contributed by atoms with E-state index in [4.69, 9.17) is 21.4 Å². The molecule has 0 heterocycles. The van der Waals surface area contributed by atoms with Gasteiger partial charge in [0.05, 0.1) is 11.6 Å². The van der Waals surface area contributed by atoms with Crippen LogP contribution in [-0.4, -0.2) is 42.7 Å². The van der Waals surface area contributed by atoms with Crippen molar-refractivity contribution in [3.63, 3.8) is 0 Å². The van der Waals surface area contributed by atoms with E-state index in [-0.39, 0.29) is 30.7 Å². The number of halogens is 2. The van der Waals surface area contributed by atoms with E-state index in [0.717, 1.165) is 0 Å². The molecule has 0 fully saturated rings. The summed E-state index contributed by atoms with van der Waals surface area (Å²) in [5, 5.41) is 8.59. The van der Waals surface area contributed by atoms with Gasteiger partial charge in [-0.05, 0) is 12.1 Å². The molecular formula is C11H13ClFNO3. The molecule has 0 saturated heterocycles. The van der Waals surface area contributed by atoms with Gasteiger partial charge in [0.15, 0.2) is 6.61 Å². The molecule has 1 aromatic rings. The maximum Gasteiger partial charge on any atom is 0.260 e. The van der Waals surface area contributed by atoms with Crippen LogP contribution in [0.4, 0.5) is 4.39 Å². The molecule has 0 saturated carbocycles. The number of hydrogen-bond acceptors (Lipinski definition) is 3. The third-order valence-electron chi connectivity index (χ3n) is 2.11. The molecule has 0 unspecified atom stereocenters. The maximum absolute atomic E-state index is 12.8. The van der Waals surface area contributed by atoms with Gasteiger partial charge in [0.2, 0.25) is 0 Å². The summed E-state index contributed by atoms with van der Waals surface area (Å²) in [6.07, 6.45) is 0. The average molecular weight is 262 g/mol. The van der Waals surface area contributed by atoms with Crippen LogP contribution in [0.5, 0.6) is 5.75 Å². The lowest BCUT2D eigenvalue weighted by Gasteiger charge is -2.15. The van der Waals surface area contributed by atoms with Gasteiger partial charge in [-0.3, -0.25) is 4.79 Å². The standard InChI is InChI=1S/C11H13ClFNO3/c1-14(4-5-15)11(16)7-17-8-2-3-10(13)9(12)6-8/h2-3,6,15H,4-5,7H2,1H3. The Balaban J connectivity index is 2.50. The lowest BCUT2D eigenvalue weighted by Crippen LogP contribution is -2.33. The van der Waals surface area contributed by atoms with Crippen LogP contribution in [0.3, 0.4) is 0 Å². The molecule has 0 aliphatic heterocycles. The molecule has 0 aromatic heterocycles. The third kappa shape index (κ3) is 4.20. The molecule has 0 radical (unpaired) electrons. The normalized spacial score (nSPS) is 10.1. The molecule has 17 heavy (non-hydrogen) atoms. The van der Waals surface area contributed by atoms with Crippen molar-refractivity contribution in [3.8, 4) is 5.75 Å². The predicted octanol–water partition coefficient (Wildman–Crippen LogP) is 1.31. The molecule has 4 nitrogen and oxygen atoms in total. The van der Waals surface area contributed by atoms with Crippen LogP contribution in [0, 0.1) is 5.82 Å². The number of ether oxygens (including phenoxy) is 1. The summed E-state index contributed by atoms with van der Waals surface area (Å²) < 4.78 is 18.0. The topological polar surface area (TPSA) is 49.8 Å². The largest absolute Gasteiger partial charge is 0.484 e. The van der Waals surface area contributed by atoms with Crippen LogP contribution in [0.2, 0.25) is 5.02 Å². The minimum absolute atomic E-state index is 0.0568. The molecule has 0 atom stereocenters. The summed E-state index contributed by atoms with van der Waals surface area (Å²) >= 11 is 5.56. The number of nitrogens with zero attached hydrogens (tertiary/aromatic N) is 1. The number of likely N-dealkylation sites (N-methyl/N-ethyl adjacent to an activating group) is 1. The summed E-state index contributed by atoms with van der Waals surface area (Å²) in [5.41, 5.74) is 0. The predicted molar refractivity (Wildman–Crippen MR) is 61.6 cm³/mol. The molecule has 6 heteroatoms. The van der Waals surface area contributed by atoms with E-state index in [1.165, 1.54) is 23.1 Å². The first-order chi connectivity index (χ1) is 8.04. The molecule has 0 aliphatic carbocycles. The van der Waals surface area contributed by atoms with E-state index >= 15 is 0 Å². The van der Waals surface area contributed by atoms with E-state index in [9.17, 15) is 9.18 Å². The van der Waals surface area contributed by atoms with Gasteiger partial charge in [0.25, 0.3) is 5.91 Å². The number of aliphatic hydroxyl groups excluding tert-OH is 1. The minimum Gasteiger partial charge on any atom is -0.484 e. The highest BCUT2D eigenvalue weighted by Gasteiger charge is 2.09. The lowest BCUT2D eigenvalue weighted by atomic mass is 10.3. The van der Waals surface area contributed by atoms with Gasteiger partial charge >= 0.3 is 0 Å². The summed E-state index contributed by atoms with van der Waals surface area (Å²) in [5.74, 6) is -0.496. The molecule has 94 valence electrons. The monoisotopic (exact) mass is 261 g/mol. The molecule has 0 aliphatic rings. The smallest absolute Gasteiger partial charge is 0.260 e. The number of rotatable bonds is 5. The molecule has 0 bridgehead atoms.